The van der Waals surface area contributed by atoms with E-state index in [0.29, 0.717) is 46.1 Å². The highest BCUT2D eigenvalue weighted by Crippen LogP contribution is 2.35. The molecule has 56 heavy (non-hydrogen) atoms. The van der Waals surface area contributed by atoms with E-state index in [1.807, 2.05) is 75.4 Å². The summed E-state index contributed by atoms with van der Waals surface area (Å²) < 4.78 is 31.1. The Morgan fingerprint density at radius 2 is 1.16 bits per heavy atom. The van der Waals surface area contributed by atoms with Crippen LogP contribution in [0.5, 0.6) is 5.75 Å². The lowest BCUT2D eigenvalue weighted by Crippen LogP contribution is -2.53. The first kappa shape index (κ1) is 39.0. The molecule has 1 fully saturated rings. The van der Waals surface area contributed by atoms with Crippen molar-refractivity contribution in [2.24, 2.45) is 0 Å². The van der Waals surface area contributed by atoms with E-state index in [1.165, 1.54) is 10.8 Å². The van der Waals surface area contributed by atoms with E-state index in [2.05, 4.69) is 84.9 Å². The topological polar surface area (TPSA) is 75.7 Å². The summed E-state index contributed by atoms with van der Waals surface area (Å²) in [4.78, 5) is 18.8. The number of nitrogens with zero attached hydrogens (tertiary/aromatic N) is 1. The van der Waals surface area contributed by atoms with Gasteiger partial charge in [-0.15, -0.1) is 5.06 Å². The van der Waals surface area contributed by atoms with Gasteiger partial charge in [0.2, 0.25) is 0 Å². The van der Waals surface area contributed by atoms with Crippen molar-refractivity contribution < 1.29 is 33.3 Å². The fraction of sp³-hybridized carbons (Fsp3) is 0.312. The van der Waals surface area contributed by atoms with Gasteiger partial charge in [-0.05, 0) is 88.8 Å². The van der Waals surface area contributed by atoms with Crippen molar-refractivity contribution in [3.05, 3.63) is 162 Å². The third-order valence-electron chi connectivity index (χ3n) is 9.80. The van der Waals surface area contributed by atoms with Crippen LogP contribution in [0.1, 0.15) is 55.4 Å². The first-order valence-electron chi connectivity index (χ1n) is 19.4. The van der Waals surface area contributed by atoms with E-state index < -0.39 is 24.0 Å². The molecule has 0 aliphatic carbocycles. The highest BCUT2D eigenvalue weighted by molar-refractivity contribution is 5.83. The third kappa shape index (κ3) is 11.0. The van der Waals surface area contributed by atoms with Crippen molar-refractivity contribution in [3.8, 4) is 5.75 Å². The van der Waals surface area contributed by atoms with Gasteiger partial charge in [0.25, 0.3) is 0 Å². The smallest absolute Gasteiger partial charge is 0.494 e. The summed E-state index contributed by atoms with van der Waals surface area (Å²) in [5.74, 6) is 0.597. The molecule has 1 aliphatic heterocycles. The summed E-state index contributed by atoms with van der Waals surface area (Å²) in [6.07, 6.45) is -0.773. The summed E-state index contributed by atoms with van der Waals surface area (Å²) in [7, 11) is 0. The minimum Gasteiger partial charge on any atom is -0.494 e. The number of benzene rings is 6. The molecule has 7 rings (SSSR count). The van der Waals surface area contributed by atoms with Gasteiger partial charge in [0.1, 0.15) is 11.4 Å². The van der Waals surface area contributed by atoms with Crippen molar-refractivity contribution >= 4 is 27.7 Å². The van der Waals surface area contributed by atoms with Gasteiger partial charge in [-0.2, -0.15) is 0 Å². The number of ether oxygens (including phenoxy) is 5. The van der Waals surface area contributed by atoms with Crippen LogP contribution in [0, 0.1) is 0 Å². The molecule has 1 saturated heterocycles. The average Bonchev–Trinajstić information content (AvgIpc) is 3.20. The minimum absolute atomic E-state index is 0.185. The maximum atomic E-state index is 13.0. The number of fused-ring (bicyclic) bond motifs is 2. The van der Waals surface area contributed by atoms with Gasteiger partial charge in [0, 0.05) is 12.3 Å². The molecule has 0 amide bonds. The fourth-order valence-electron chi connectivity index (χ4n) is 7.10. The zero-order valence-corrected chi connectivity index (χ0v) is 32.5. The van der Waals surface area contributed by atoms with Crippen LogP contribution in [-0.4, -0.2) is 55.3 Å². The summed E-state index contributed by atoms with van der Waals surface area (Å²) in [6.45, 7) is 8.60. The molecule has 290 valence electrons. The molecular formula is C48H51NO7. The quantitative estimate of drug-likeness (QED) is 0.0758. The standard InChI is InChI=1S/C48H51NO7/c1-48(2,3)55-47(50)56-49-30-44(53-33-36-18-20-38-14-7-9-16-41(38)28-36)46(45(31-49)54-34-37-19-21-39-15-8-10-17-42(39)29-37)40-22-24-43(25-23-40)52-27-11-26-51-32-35-12-5-4-6-13-35/h4-10,12-25,28-29,44-46H,11,26-27,30-34H2,1-3H3/t44-,45+,46-. The van der Waals surface area contributed by atoms with E-state index in [0.717, 1.165) is 45.2 Å². The molecule has 0 N–H and O–H groups in total. The van der Waals surface area contributed by atoms with E-state index in [4.69, 9.17) is 28.5 Å². The molecule has 1 heterocycles. The molecule has 8 nitrogen and oxygen atoms in total. The highest BCUT2D eigenvalue weighted by Gasteiger charge is 2.41. The predicted molar refractivity (Wildman–Crippen MR) is 219 cm³/mol. The van der Waals surface area contributed by atoms with Crippen LogP contribution in [-0.2, 0) is 43.6 Å². The SMILES string of the molecule is CC(C)(C)OC(=O)ON1C[C@H](OCc2ccc3ccccc3c2)[C@H](c2ccc(OCCCOCc3ccccc3)cc2)[C@H](OCc2ccc3ccccc3c2)C1. The summed E-state index contributed by atoms with van der Waals surface area (Å²) in [6, 6.07) is 47.7. The van der Waals surface area contributed by atoms with Gasteiger partial charge in [-0.3, -0.25) is 0 Å². The average molecular weight is 754 g/mol. The maximum absolute atomic E-state index is 13.0. The van der Waals surface area contributed by atoms with E-state index >= 15 is 0 Å². The zero-order chi connectivity index (χ0) is 38.7. The number of hydrogen-bond donors (Lipinski definition) is 0. The molecule has 0 bridgehead atoms. The Kier molecular flexibility index (Phi) is 12.9. The van der Waals surface area contributed by atoms with Gasteiger partial charge >= 0.3 is 6.16 Å². The predicted octanol–water partition coefficient (Wildman–Crippen LogP) is 10.4. The normalized spacial score (nSPS) is 17.5. The summed E-state index contributed by atoms with van der Waals surface area (Å²) in [5, 5.41) is 6.27. The molecule has 0 spiro atoms. The number of carbonyl (C=O) groups excluding carboxylic acids is 1. The van der Waals surface area contributed by atoms with E-state index in [1.54, 1.807) is 5.06 Å². The number of carbonyl (C=O) groups is 1. The second-order valence-electron chi connectivity index (χ2n) is 15.3. The van der Waals surface area contributed by atoms with Crippen LogP contribution in [0.15, 0.2) is 140 Å². The van der Waals surface area contributed by atoms with Crippen molar-refractivity contribution in [1.82, 2.24) is 5.06 Å². The van der Waals surface area contributed by atoms with Crippen molar-refractivity contribution in [2.75, 3.05) is 26.3 Å². The van der Waals surface area contributed by atoms with E-state index in [9.17, 15) is 4.79 Å². The van der Waals surface area contributed by atoms with Crippen LogP contribution in [0.2, 0.25) is 0 Å². The summed E-state index contributed by atoms with van der Waals surface area (Å²) in [5.41, 5.74) is 3.61. The second-order valence-corrected chi connectivity index (χ2v) is 15.3. The lowest BCUT2D eigenvalue weighted by molar-refractivity contribution is -0.209. The van der Waals surface area contributed by atoms with Crippen LogP contribution in [0.3, 0.4) is 0 Å². The molecule has 0 aromatic heterocycles. The van der Waals surface area contributed by atoms with Gasteiger partial charge in [0.05, 0.1) is 58.3 Å². The minimum atomic E-state index is -0.760. The Morgan fingerprint density at radius 3 is 1.73 bits per heavy atom. The number of piperidine rings is 1. The second kappa shape index (κ2) is 18.6. The lowest BCUT2D eigenvalue weighted by Gasteiger charge is -2.42. The highest BCUT2D eigenvalue weighted by atomic mass is 16.8. The fourth-order valence-corrected chi connectivity index (χ4v) is 7.10. The Bertz CT molecular complexity index is 2070. The largest absolute Gasteiger partial charge is 0.528 e. The van der Waals surface area contributed by atoms with Gasteiger partial charge in [0.15, 0.2) is 0 Å². The molecule has 6 aromatic rings. The number of hydroxylamine groups is 2. The first-order chi connectivity index (χ1) is 27.3. The van der Waals surface area contributed by atoms with Crippen LogP contribution >= 0.6 is 0 Å². The molecular weight excluding hydrogens is 703 g/mol. The van der Waals surface area contributed by atoms with Gasteiger partial charge < -0.3 is 28.5 Å². The van der Waals surface area contributed by atoms with Crippen LogP contribution in [0.4, 0.5) is 4.79 Å². The molecule has 0 saturated carbocycles. The number of hydrogen-bond acceptors (Lipinski definition) is 8. The molecule has 6 aromatic carbocycles. The van der Waals surface area contributed by atoms with Crippen molar-refractivity contribution in [1.29, 1.82) is 0 Å². The zero-order valence-electron chi connectivity index (χ0n) is 32.5. The summed E-state index contributed by atoms with van der Waals surface area (Å²) >= 11 is 0. The van der Waals surface area contributed by atoms with E-state index in [-0.39, 0.29) is 5.92 Å². The Labute approximate surface area is 329 Å². The van der Waals surface area contributed by atoms with Crippen LogP contribution in [0.25, 0.3) is 21.5 Å². The molecule has 1 aliphatic rings. The Morgan fingerprint density at radius 1 is 0.607 bits per heavy atom. The molecule has 0 unspecified atom stereocenters. The van der Waals surface area contributed by atoms with Crippen molar-refractivity contribution in [2.45, 2.75) is 70.7 Å². The monoisotopic (exact) mass is 753 g/mol. The maximum Gasteiger partial charge on any atom is 0.528 e. The number of rotatable bonds is 15. The first-order valence-corrected chi connectivity index (χ1v) is 19.4. The molecule has 0 radical (unpaired) electrons. The third-order valence-corrected chi connectivity index (χ3v) is 9.80. The molecule has 8 heteroatoms. The molecule has 3 atom stereocenters. The van der Waals surface area contributed by atoms with Crippen molar-refractivity contribution in [3.63, 3.8) is 0 Å². The Hall–Kier alpha value is -5.25. The van der Waals surface area contributed by atoms with Gasteiger partial charge in [-0.1, -0.05) is 115 Å². The lowest BCUT2D eigenvalue weighted by atomic mass is 9.85. The van der Waals surface area contributed by atoms with Gasteiger partial charge in [-0.25, -0.2) is 4.79 Å². The Balaban J connectivity index is 1.09. The van der Waals surface area contributed by atoms with Crippen LogP contribution < -0.4 is 4.74 Å².